The third kappa shape index (κ3) is 0.540. The number of nitrogen functional groups attached to an aromatic ring is 1. The van der Waals surface area contributed by atoms with Crippen molar-refractivity contribution in [3.05, 3.63) is 12.5 Å². The van der Waals surface area contributed by atoms with E-state index in [-0.39, 0.29) is 12.0 Å². The number of H-pyrrole nitrogens is 1. The molecule has 2 heterocycles. The largest absolute Gasteiger partial charge is 0.383 e. The lowest BCUT2D eigenvalue weighted by Crippen LogP contribution is -1.90. The molecule has 0 aliphatic heterocycles. The van der Waals surface area contributed by atoms with Crippen LogP contribution in [0.1, 0.15) is 1.37 Å². The van der Waals surface area contributed by atoms with Gasteiger partial charge in [0.1, 0.15) is 12.1 Å². The normalized spacial score (nSPS) is 11.8. The van der Waals surface area contributed by atoms with E-state index in [1.54, 1.807) is 0 Å². The molecule has 50 valence electrons. The highest BCUT2D eigenvalue weighted by Gasteiger charge is 1.99. The highest BCUT2D eigenvalue weighted by atomic mass is 15.1. The van der Waals surface area contributed by atoms with Crippen molar-refractivity contribution < 1.29 is 1.37 Å². The maximum absolute atomic E-state index is 7.31. The number of nitrogens with one attached hydrogen (secondary N) is 1. The van der Waals surface area contributed by atoms with Gasteiger partial charge in [0.2, 0.25) is 0 Å². The molecule has 0 radical (unpaired) electrons. The van der Waals surface area contributed by atoms with E-state index in [0.29, 0.717) is 11.0 Å². The van der Waals surface area contributed by atoms with E-state index in [0.717, 1.165) is 0 Å². The second-order valence-electron chi connectivity index (χ2n) is 1.81. The van der Waals surface area contributed by atoms with Crippen molar-refractivity contribution in [3.63, 3.8) is 0 Å². The van der Waals surface area contributed by atoms with Gasteiger partial charge in [0.15, 0.2) is 5.65 Å². The molecule has 5 nitrogen and oxygen atoms in total. The van der Waals surface area contributed by atoms with Crippen LogP contribution >= 0.6 is 0 Å². The fourth-order valence-corrected chi connectivity index (χ4v) is 0.731. The Hall–Kier alpha value is -1.65. The zero-order valence-electron chi connectivity index (χ0n) is 6.00. The molecule has 0 unspecified atom stereocenters. The van der Waals surface area contributed by atoms with Gasteiger partial charge in [-0.3, -0.25) is 5.10 Å². The van der Waals surface area contributed by atoms with Crippen molar-refractivity contribution in [1.29, 1.82) is 0 Å². The minimum absolute atomic E-state index is 0.151. The summed E-state index contributed by atoms with van der Waals surface area (Å²) in [6, 6.07) is 0. The van der Waals surface area contributed by atoms with Gasteiger partial charge >= 0.3 is 0 Å². The van der Waals surface area contributed by atoms with Gasteiger partial charge in [-0.25, -0.2) is 9.97 Å². The van der Waals surface area contributed by atoms with Crippen molar-refractivity contribution in [1.82, 2.24) is 20.2 Å². The molecule has 3 N–H and O–H groups in total. The Kier molecular flexibility index (Phi) is 0.700. The van der Waals surface area contributed by atoms with E-state index in [1.165, 1.54) is 6.33 Å². The minimum Gasteiger partial charge on any atom is -0.383 e. The number of nitrogens with zero attached hydrogens (tertiary/aromatic N) is 3. The Balaban J connectivity index is 2.96. The molecule has 0 spiro atoms. The molecule has 0 amide bonds. The van der Waals surface area contributed by atoms with Crippen LogP contribution in [-0.4, -0.2) is 20.2 Å². The molecule has 0 bridgehead atoms. The van der Waals surface area contributed by atoms with Crippen LogP contribution in [0.15, 0.2) is 12.5 Å². The van der Waals surface area contributed by atoms with Gasteiger partial charge < -0.3 is 5.73 Å². The molecule has 0 aromatic carbocycles. The fraction of sp³-hybridized carbons (Fsp3) is 0. The SMILES string of the molecule is [3H]c1[nH]nc2ncnc(N)c12. The van der Waals surface area contributed by atoms with Crippen LogP contribution in [-0.2, 0) is 0 Å². The van der Waals surface area contributed by atoms with Gasteiger partial charge in [-0.15, -0.1) is 0 Å². The van der Waals surface area contributed by atoms with Crippen molar-refractivity contribution in [3.8, 4) is 0 Å². The lowest BCUT2D eigenvalue weighted by Gasteiger charge is -1.88. The summed E-state index contributed by atoms with van der Waals surface area (Å²) in [4.78, 5) is 7.54. The van der Waals surface area contributed by atoms with E-state index in [1.807, 2.05) is 0 Å². The second-order valence-corrected chi connectivity index (χ2v) is 1.81. The van der Waals surface area contributed by atoms with E-state index in [4.69, 9.17) is 7.10 Å². The summed E-state index contributed by atoms with van der Waals surface area (Å²) in [5, 5.41) is 6.67. The number of aromatic nitrogens is 4. The number of nitrogens with two attached hydrogens (primary N) is 1. The van der Waals surface area contributed by atoms with Crippen molar-refractivity contribution in [2.45, 2.75) is 0 Å². The van der Waals surface area contributed by atoms with Crippen LogP contribution in [0.25, 0.3) is 11.0 Å². The molecule has 0 fully saturated rings. The zero-order chi connectivity index (χ0) is 7.84. The first-order valence-corrected chi connectivity index (χ1v) is 2.70. The molecule has 10 heavy (non-hydrogen) atoms. The molecule has 2 aromatic heterocycles. The summed E-state index contributed by atoms with van der Waals surface area (Å²) in [6.07, 6.45) is 1.47. The fourth-order valence-electron chi connectivity index (χ4n) is 0.731. The predicted molar refractivity (Wildman–Crippen MR) is 36.1 cm³/mol. The molecule has 5 heteroatoms. The third-order valence-electron chi connectivity index (χ3n) is 1.20. The number of aromatic amines is 1. The van der Waals surface area contributed by atoms with Crippen molar-refractivity contribution in [2.75, 3.05) is 5.73 Å². The number of anilines is 1. The summed E-state index contributed by atoms with van der Waals surface area (Å²) in [7, 11) is 0. The number of hydrogen-bond acceptors (Lipinski definition) is 4. The van der Waals surface area contributed by atoms with Gasteiger partial charge in [0.05, 0.1) is 6.76 Å². The van der Waals surface area contributed by atoms with Crippen LogP contribution in [0.5, 0.6) is 0 Å². The maximum atomic E-state index is 7.31. The third-order valence-corrected chi connectivity index (χ3v) is 1.20. The van der Waals surface area contributed by atoms with Gasteiger partial charge in [0.25, 0.3) is 0 Å². The number of hydrogen-bond donors (Lipinski definition) is 2. The highest BCUT2D eigenvalue weighted by Crippen LogP contribution is 2.11. The molecule has 0 saturated heterocycles. The van der Waals surface area contributed by atoms with E-state index in [9.17, 15) is 0 Å². The van der Waals surface area contributed by atoms with Gasteiger partial charge in [-0.1, -0.05) is 0 Å². The maximum Gasteiger partial charge on any atom is 0.186 e. The molecule has 2 rings (SSSR count). The molecule has 0 saturated carbocycles. The summed E-state index contributed by atoms with van der Waals surface area (Å²) < 4.78 is 7.31. The molecule has 0 aliphatic rings. The quantitative estimate of drug-likeness (QED) is 0.532. The number of fused-ring (bicyclic) bond motifs is 1. The predicted octanol–water partition coefficient (Wildman–Crippen LogP) is -0.0649. The average Bonchev–Trinajstić information content (AvgIpc) is 2.34. The topological polar surface area (TPSA) is 80.5 Å². The highest BCUT2D eigenvalue weighted by molar-refractivity contribution is 5.83. The summed E-state index contributed by atoms with van der Waals surface area (Å²) >= 11 is 0. The molecule has 0 atom stereocenters. The van der Waals surface area contributed by atoms with Crippen LogP contribution in [0.2, 0.25) is 0 Å². The average molecular weight is 137 g/mol. The monoisotopic (exact) mass is 137 g/mol. The first kappa shape index (κ1) is 4.21. The van der Waals surface area contributed by atoms with Gasteiger partial charge in [-0.05, 0) is 0 Å². The molecular weight excluding hydrogens is 130 g/mol. The molecular formula is C5H5N5. The van der Waals surface area contributed by atoms with Crippen molar-refractivity contribution in [2.24, 2.45) is 0 Å². The first-order valence-electron chi connectivity index (χ1n) is 3.20. The van der Waals surface area contributed by atoms with E-state index in [2.05, 4.69) is 20.2 Å². The molecule has 0 aliphatic carbocycles. The van der Waals surface area contributed by atoms with Crippen molar-refractivity contribution >= 4 is 16.9 Å². The standard InChI is InChI=1S/C5H5N5/c6-4-3-1-9-10-5(3)8-2-7-4/h1-2H,(H3,6,7,8,9,10)/i1T. The summed E-state index contributed by atoms with van der Waals surface area (Å²) in [5.74, 6) is 0.286. The van der Waals surface area contributed by atoms with Crippen LogP contribution in [0.4, 0.5) is 5.82 Å². The van der Waals surface area contributed by atoms with Crippen LogP contribution in [0.3, 0.4) is 0 Å². The second kappa shape index (κ2) is 1.66. The first-order chi connectivity index (χ1) is 5.29. The molecule has 2 aromatic rings. The van der Waals surface area contributed by atoms with Gasteiger partial charge in [-0.2, -0.15) is 5.10 Å². The Bertz CT molecular complexity index is 395. The Morgan fingerprint density at radius 2 is 2.50 bits per heavy atom. The van der Waals surface area contributed by atoms with Crippen LogP contribution < -0.4 is 5.73 Å². The number of rotatable bonds is 0. The lowest BCUT2D eigenvalue weighted by atomic mass is 10.4. The Morgan fingerprint density at radius 1 is 1.60 bits per heavy atom. The Morgan fingerprint density at radius 3 is 3.30 bits per heavy atom. The van der Waals surface area contributed by atoms with Gasteiger partial charge in [0, 0.05) is 6.17 Å². The smallest absolute Gasteiger partial charge is 0.186 e. The summed E-state index contributed by atoms with van der Waals surface area (Å²) in [5.41, 5.74) is 5.90. The lowest BCUT2D eigenvalue weighted by molar-refractivity contribution is 1.09. The minimum atomic E-state index is 0.151. The summed E-state index contributed by atoms with van der Waals surface area (Å²) in [6.45, 7) is 0. The van der Waals surface area contributed by atoms with Crippen LogP contribution in [0, 0.1) is 0 Å². The van der Waals surface area contributed by atoms with E-state index >= 15 is 0 Å². The van der Waals surface area contributed by atoms with E-state index < -0.39 is 0 Å². The Labute approximate surface area is 57.7 Å². The zero-order valence-corrected chi connectivity index (χ0v) is 5.00.